The molecule has 5 heteroatoms. The number of carbonyl (C=O) groups is 1. The average Bonchev–Trinajstić information content (AvgIpc) is 3.25. The third-order valence-electron chi connectivity index (χ3n) is 4.75. The fourth-order valence-electron chi connectivity index (χ4n) is 3.40. The van der Waals surface area contributed by atoms with Gasteiger partial charge in [0, 0.05) is 6.54 Å². The van der Waals surface area contributed by atoms with E-state index in [2.05, 4.69) is 27.9 Å². The summed E-state index contributed by atoms with van der Waals surface area (Å²) in [5.41, 5.74) is 3.79. The average molecular weight is 346 g/mol. The number of aryl methyl sites for hydroxylation is 1. The van der Waals surface area contributed by atoms with Gasteiger partial charge in [-0.05, 0) is 17.5 Å². The van der Waals surface area contributed by atoms with Gasteiger partial charge in [-0.25, -0.2) is 4.68 Å². The van der Waals surface area contributed by atoms with Crippen LogP contribution >= 0.6 is 0 Å². The first-order valence-electron chi connectivity index (χ1n) is 8.99. The molecule has 0 aliphatic carbocycles. The Kier molecular flexibility index (Phi) is 4.44. The zero-order chi connectivity index (χ0) is 17.9. The minimum atomic E-state index is -0.0758. The number of fused-ring (bicyclic) bond motifs is 1. The number of rotatable bonds is 5. The maximum atomic E-state index is 12.9. The van der Waals surface area contributed by atoms with Gasteiger partial charge in [-0.3, -0.25) is 4.79 Å². The molecule has 2 aromatic carbocycles. The van der Waals surface area contributed by atoms with Crippen molar-refractivity contribution in [1.29, 1.82) is 0 Å². The minimum Gasteiger partial charge on any atom is -0.361 e. The molecule has 0 unspecified atom stereocenters. The lowest BCUT2D eigenvalue weighted by molar-refractivity contribution is 0.0951. The van der Waals surface area contributed by atoms with Gasteiger partial charge in [-0.1, -0.05) is 67.6 Å². The molecule has 1 amide bonds. The fraction of sp³-hybridized carbons (Fsp3) is 0.238. The molecule has 4 rings (SSSR count). The molecule has 0 spiro atoms. The summed E-state index contributed by atoms with van der Waals surface area (Å²) >= 11 is 0. The highest BCUT2D eigenvalue weighted by Gasteiger charge is 2.30. The summed E-state index contributed by atoms with van der Waals surface area (Å²) in [7, 11) is 0. The monoisotopic (exact) mass is 346 g/mol. The van der Waals surface area contributed by atoms with Crippen LogP contribution in [0.4, 0.5) is 5.82 Å². The Hall–Kier alpha value is -3.08. The molecule has 2 heterocycles. The molecule has 2 N–H and O–H groups in total. The first kappa shape index (κ1) is 16.4. The summed E-state index contributed by atoms with van der Waals surface area (Å²) in [6, 6.07) is 20.3. The summed E-state index contributed by atoms with van der Waals surface area (Å²) in [4.78, 5) is 12.9. The van der Waals surface area contributed by atoms with E-state index < -0.39 is 0 Å². The Bertz CT molecular complexity index is 903. The van der Waals surface area contributed by atoms with Gasteiger partial charge in [0.1, 0.15) is 11.4 Å². The largest absolute Gasteiger partial charge is 0.361 e. The molecule has 0 radical (unpaired) electrons. The second-order valence-electron chi connectivity index (χ2n) is 6.48. The predicted molar refractivity (Wildman–Crippen MR) is 102 cm³/mol. The number of nitrogens with one attached hydrogen (secondary N) is 2. The Balaban J connectivity index is 1.55. The number of hydrogen-bond donors (Lipinski definition) is 2. The van der Waals surface area contributed by atoms with E-state index in [1.54, 1.807) is 0 Å². The lowest BCUT2D eigenvalue weighted by Crippen LogP contribution is -2.24. The van der Waals surface area contributed by atoms with E-state index in [1.807, 2.05) is 60.1 Å². The van der Waals surface area contributed by atoms with Crippen LogP contribution in [-0.2, 0) is 19.5 Å². The van der Waals surface area contributed by atoms with Crippen LogP contribution in [0.1, 0.15) is 40.1 Å². The molecule has 5 nitrogen and oxygen atoms in total. The van der Waals surface area contributed by atoms with Crippen molar-refractivity contribution in [3.8, 4) is 0 Å². The maximum absolute atomic E-state index is 12.9. The van der Waals surface area contributed by atoms with Crippen LogP contribution in [0.2, 0.25) is 0 Å². The van der Waals surface area contributed by atoms with Crippen LogP contribution < -0.4 is 10.6 Å². The lowest BCUT2D eigenvalue weighted by atomic mass is 10.1. The highest BCUT2D eigenvalue weighted by molar-refractivity contribution is 6.00. The van der Waals surface area contributed by atoms with Crippen molar-refractivity contribution in [1.82, 2.24) is 15.1 Å². The predicted octanol–water partition coefficient (Wildman–Crippen LogP) is 3.54. The second-order valence-corrected chi connectivity index (χ2v) is 6.48. The van der Waals surface area contributed by atoms with Crippen molar-refractivity contribution in [2.45, 2.75) is 32.5 Å². The van der Waals surface area contributed by atoms with Crippen LogP contribution in [0.3, 0.4) is 0 Å². The number of amides is 1. The van der Waals surface area contributed by atoms with Gasteiger partial charge in [0.05, 0.1) is 18.3 Å². The molecule has 26 heavy (non-hydrogen) atoms. The summed E-state index contributed by atoms with van der Waals surface area (Å²) < 4.78 is 1.92. The van der Waals surface area contributed by atoms with E-state index in [1.165, 1.54) is 5.56 Å². The van der Waals surface area contributed by atoms with Crippen molar-refractivity contribution in [2.24, 2.45) is 0 Å². The maximum Gasteiger partial charge on any atom is 0.257 e. The lowest BCUT2D eigenvalue weighted by Gasteiger charge is -2.12. The molecule has 132 valence electrons. The SMILES string of the molecule is CCc1nn2c(c1C(=O)NCc1ccccc1)N[C@@H](c1ccccc1)C2. The van der Waals surface area contributed by atoms with Gasteiger partial charge >= 0.3 is 0 Å². The molecular formula is C21H22N4O. The van der Waals surface area contributed by atoms with Crippen molar-refractivity contribution >= 4 is 11.7 Å². The normalized spacial score (nSPS) is 15.3. The van der Waals surface area contributed by atoms with Gasteiger partial charge in [0.15, 0.2) is 0 Å². The quantitative estimate of drug-likeness (QED) is 0.743. The van der Waals surface area contributed by atoms with E-state index in [0.29, 0.717) is 12.1 Å². The van der Waals surface area contributed by atoms with Crippen LogP contribution in [0.25, 0.3) is 0 Å². The summed E-state index contributed by atoms with van der Waals surface area (Å²) in [5.74, 6) is 0.745. The second kappa shape index (κ2) is 7.04. The Morgan fingerprint density at radius 2 is 1.85 bits per heavy atom. The molecule has 0 saturated carbocycles. The van der Waals surface area contributed by atoms with Gasteiger partial charge in [-0.15, -0.1) is 0 Å². The fourth-order valence-corrected chi connectivity index (χ4v) is 3.40. The number of benzene rings is 2. The van der Waals surface area contributed by atoms with Gasteiger partial charge in [-0.2, -0.15) is 5.10 Å². The molecule has 0 fully saturated rings. The number of hydrogen-bond acceptors (Lipinski definition) is 3. The number of anilines is 1. The van der Waals surface area contributed by atoms with E-state index in [9.17, 15) is 4.79 Å². The summed E-state index contributed by atoms with van der Waals surface area (Å²) in [5, 5.41) is 11.2. The molecular weight excluding hydrogens is 324 g/mol. The van der Waals surface area contributed by atoms with Crippen molar-refractivity contribution in [3.63, 3.8) is 0 Å². The Morgan fingerprint density at radius 3 is 2.54 bits per heavy atom. The van der Waals surface area contributed by atoms with Gasteiger partial charge in [0.2, 0.25) is 0 Å². The van der Waals surface area contributed by atoms with E-state index >= 15 is 0 Å². The highest BCUT2D eigenvalue weighted by atomic mass is 16.1. The number of carbonyl (C=O) groups excluding carboxylic acids is 1. The molecule has 1 aliphatic heterocycles. The highest BCUT2D eigenvalue weighted by Crippen LogP contribution is 2.33. The third kappa shape index (κ3) is 3.08. The molecule has 1 atom stereocenters. The third-order valence-corrected chi connectivity index (χ3v) is 4.75. The summed E-state index contributed by atoms with van der Waals surface area (Å²) in [6.07, 6.45) is 0.728. The van der Waals surface area contributed by atoms with Crippen LogP contribution in [0, 0.1) is 0 Å². The van der Waals surface area contributed by atoms with Crippen molar-refractivity contribution in [3.05, 3.63) is 83.0 Å². The molecule has 0 bridgehead atoms. The first-order valence-corrected chi connectivity index (χ1v) is 8.99. The van der Waals surface area contributed by atoms with Crippen LogP contribution in [0.15, 0.2) is 60.7 Å². The van der Waals surface area contributed by atoms with E-state index in [-0.39, 0.29) is 11.9 Å². The Labute approximate surface area is 153 Å². The molecule has 3 aromatic rings. The minimum absolute atomic E-state index is 0.0758. The van der Waals surface area contributed by atoms with Gasteiger partial charge < -0.3 is 10.6 Å². The zero-order valence-corrected chi connectivity index (χ0v) is 14.8. The first-order chi connectivity index (χ1) is 12.8. The zero-order valence-electron chi connectivity index (χ0n) is 14.8. The topological polar surface area (TPSA) is 59.0 Å². The molecule has 1 aliphatic rings. The van der Waals surface area contributed by atoms with Crippen LogP contribution in [-0.4, -0.2) is 15.7 Å². The number of aromatic nitrogens is 2. The number of nitrogens with zero attached hydrogens (tertiary/aromatic N) is 2. The van der Waals surface area contributed by atoms with Gasteiger partial charge in [0.25, 0.3) is 5.91 Å². The summed E-state index contributed by atoms with van der Waals surface area (Å²) in [6.45, 7) is 3.27. The van der Waals surface area contributed by atoms with E-state index in [4.69, 9.17) is 0 Å². The van der Waals surface area contributed by atoms with E-state index in [0.717, 1.165) is 30.0 Å². The van der Waals surface area contributed by atoms with Crippen LogP contribution in [0.5, 0.6) is 0 Å². The molecule has 0 saturated heterocycles. The van der Waals surface area contributed by atoms with Crippen molar-refractivity contribution < 1.29 is 4.79 Å². The standard InChI is InChI=1S/C21H22N4O/c1-2-17-19(21(26)22-13-15-9-5-3-6-10-15)20-23-18(14-25(20)24-17)16-11-7-4-8-12-16/h3-12,18,23H,2,13-14H2,1H3,(H,22,26)/t18-/m1/s1. The Morgan fingerprint density at radius 1 is 1.15 bits per heavy atom. The smallest absolute Gasteiger partial charge is 0.257 e. The molecule has 1 aromatic heterocycles. The van der Waals surface area contributed by atoms with Crippen molar-refractivity contribution in [2.75, 3.05) is 5.32 Å².